The zero-order valence-electron chi connectivity index (χ0n) is 12.0. The van der Waals surface area contributed by atoms with Crippen LogP contribution in [0.1, 0.15) is 23.7 Å². The van der Waals surface area contributed by atoms with E-state index in [1.54, 1.807) is 13.4 Å². The first-order chi connectivity index (χ1) is 10.3. The maximum absolute atomic E-state index is 12.0. The maximum Gasteiger partial charge on any atom is 0.223 e. The molecule has 0 aliphatic heterocycles. The lowest BCUT2D eigenvalue weighted by atomic mass is 10.1. The van der Waals surface area contributed by atoms with Gasteiger partial charge in [0.2, 0.25) is 5.91 Å². The van der Waals surface area contributed by atoms with Crippen LogP contribution in [0, 0.1) is 5.92 Å². The Bertz CT molecular complexity index is 606. The molecule has 0 spiro atoms. The van der Waals surface area contributed by atoms with Crippen LogP contribution in [0.5, 0.6) is 5.75 Å². The molecule has 2 aromatic rings. The Morgan fingerprint density at radius 1 is 1.38 bits per heavy atom. The number of nitrogens with one attached hydrogen (secondary N) is 1. The van der Waals surface area contributed by atoms with Gasteiger partial charge >= 0.3 is 0 Å². The molecule has 1 heterocycles. The third kappa shape index (κ3) is 3.27. The van der Waals surface area contributed by atoms with E-state index >= 15 is 0 Å². The Balaban J connectivity index is 1.44. The summed E-state index contributed by atoms with van der Waals surface area (Å²) in [5, 5.41) is 3.00. The minimum atomic E-state index is 0.0708. The monoisotopic (exact) mass is 285 g/mol. The van der Waals surface area contributed by atoms with Crippen molar-refractivity contribution < 1.29 is 13.9 Å². The summed E-state index contributed by atoms with van der Waals surface area (Å²) < 4.78 is 10.5. The molecule has 110 valence electrons. The van der Waals surface area contributed by atoms with Gasteiger partial charge in [-0.25, -0.2) is 0 Å². The quantitative estimate of drug-likeness (QED) is 0.888. The first-order valence-corrected chi connectivity index (χ1v) is 7.22. The van der Waals surface area contributed by atoms with Crippen molar-refractivity contribution in [3.63, 3.8) is 0 Å². The molecule has 3 rings (SSSR count). The van der Waals surface area contributed by atoms with E-state index < -0.39 is 0 Å². The van der Waals surface area contributed by atoms with Crippen molar-refractivity contribution in [2.24, 2.45) is 5.92 Å². The second kappa shape index (κ2) is 6.04. The first kappa shape index (κ1) is 13.7. The normalized spacial score (nSPS) is 20.0. The van der Waals surface area contributed by atoms with E-state index in [2.05, 4.69) is 5.32 Å². The van der Waals surface area contributed by atoms with Crippen LogP contribution < -0.4 is 10.1 Å². The standard InChI is InChI=1S/C17H19NO3/c1-20-13-5-2-4-12(10-13)7-8-18-17(19)15-11-14(15)16-6-3-9-21-16/h2-6,9-10,14-15H,7-8,11H2,1H3,(H,18,19). The summed E-state index contributed by atoms with van der Waals surface area (Å²) in [6, 6.07) is 11.7. The van der Waals surface area contributed by atoms with Gasteiger partial charge in [0.15, 0.2) is 0 Å². The Morgan fingerprint density at radius 3 is 3.05 bits per heavy atom. The van der Waals surface area contributed by atoms with Crippen molar-refractivity contribution >= 4 is 5.91 Å². The number of hydrogen-bond acceptors (Lipinski definition) is 3. The van der Waals surface area contributed by atoms with Gasteiger partial charge in [0.25, 0.3) is 0 Å². The van der Waals surface area contributed by atoms with E-state index in [-0.39, 0.29) is 17.7 Å². The van der Waals surface area contributed by atoms with Gasteiger partial charge in [0.05, 0.1) is 13.4 Å². The average Bonchev–Trinajstić information content (AvgIpc) is 3.13. The van der Waals surface area contributed by atoms with Crippen LogP contribution in [-0.4, -0.2) is 19.6 Å². The molecule has 1 aromatic heterocycles. The molecule has 4 nitrogen and oxygen atoms in total. The van der Waals surface area contributed by atoms with E-state index in [1.807, 2.05) is 36.4 Å². The van der Waals surface area contributed by atoms with Crippen molar-refractivity contribution in [1.29, 1.82) is 0 Å². The van der Waals surface area contributed by atoms with Gasteiger partial charge < -0.3 is 14.5 Å². The number of ether oxygens (including phenoxy) is 1. The van der Waals surface area contributed by atoms with E-state index in [0.717, 1.165) is 29.9 Å². The third-order valence-electron chi connectivity index (χ3n) is 3.88. The summed E-state index contributed by atoms with van der Waals surface area (Å²) >= 11 is 0. The molecular formula is C17H19NO3. The summed E-state index contributed by atoms with van der Waals surface area (Å²) in [6.07, 6.45) is 3.35. The lowest BCUT2D eigenvalue weighted by Gasteiger charge is -2.06. The summed E-state index contributed by atoms with van der Waals surface area (Å²) in [5.41, 5.74) is 1.16. The summed E-state index contributed by atoms with van der Waals surface area (Å²) in [5.74, 6) is 2.22. The number of carbonyl (C=O) groups excluding carboxylic acids is 1. The fourth-order valence-corrected chi connectivity index (χ4v) is 2.59. The van der Waals surface area contributed by atoms with E-state index in [9.17, 15) is 4.79 Å². The van der Waals surface area contributed by atoms with E-state index in [0.29, 0.717) is 6.54 Å². The summed E-state index contributed by atoms with van der Waals surface area (Å²) in [4.78, 5) is 12.0. The molecular weight excluding hydrogens is 266 g/mol. The fraction of sp³-hybridized carbons (Fsp3) is 0.353. The summed E-state index contributed by atoms with van der Waals surface area (Å²) in [6.45, 7) is 0.646. The Kier molecular flexibility index (Phi) is 3.95. The Hall–Kier alpha value is -2.23. The van der Waals surface area contributed by atoms with Gasteiger partial charge in [-0.05, 0) is 42.7 Å². The van der Waals surface area contributed by atoms with Crippen LogP contribution in [0.3, 0.4) is 0 Å². The smallest absolute Gasteiger partial charge is 0.223 e. The van der Waals surface area contributed by atoms with Crippen LogP contribution in [-0.2, 0) is 11.2 Å². The first-order valence-electron chi connectivity index (χ1n) is 7.22. The fourth-order valence-electron chi connectivity index (χ4n) is 2.59. The van der Waals surface area contributed by atoms with Gasteiger partial charge in [-0.2, -0.15) is 0 Å². The molecule has 0 bridgehead atoms. The molecule has 1 N–H and O–H groups in total. The van der Waals surface area contributed by atoms with Gasteiger partial charge in [0.1, 0.15) is 11.5 Å². The van der Waals surface area contributed by atoms with Gasteiger partial charge in [-0.1, -0.05) is 12.1 Å². The number of methoxy groups -OCH3 is 1. The number of benzene rings is 1. The van der Waals surface area contributed by atoms with Gasteiger partial charge in [-0.3, -0.25) is 4.79 Å². The highest BCUT2D eigenvalue weighted by atomic mass is 16.5. The molecule has 0 saturated heterocycles. The molecule has 2 unspecified atom stereocenters. The third-order valence-corrected chi connectivity index (χ3v) is 3.88. The molecule has 1 aliphatic rings. The lowest BCUT2D eigenvalue weighted by Crippen LogP contribution is -2.27. The zero-order valence-corrected chi connectivity index (χ0v) is 12.0. The second-order valence-electron chi connectivity index (χ2n) is 5.36. The molecule has 0 radical (unpaired) electrons. The number of carbonyl (C=O) groups is 1. The minimum Gasteiger partial charge on any atom is -0.497 e. The number of furan rings is 1. The molecule has 1 fully saturated rings. The predicted molar refractivity (Wildman–Crippen MR) is 79.3 cm³/mol. The highest BCUT2D eigenvalue weighted by molar-refractivity contribution is 5.82. The lowest BCUT2D eigenvalue weighted by molar-refractivity contribution is -0.122. The minimum absolute atomic E-state index is 0.0708. The number of hydrogen-bond donors (Lipinski definition) is 1. The average molecular weight is 285 g/mol. The van der Waals surface area contributed by atoms with Crippen molar-refractivity contribution in [3.05, 3.63) is 54.0 Å². The van der Waals surface area contributed by atoms with Crippen LogP contribution in [0.15, 0.2) is 47.1 Å². The summed E-state index contributed by atoms with van der Waals surface area (Å²) in [7, 11) is 1.66. The topological polar surface area (TPSA) is 51.5 Å². The van der Waals surface area contributed by atoms with Crippen molar-refractivity contribution in [2.45, 2.75) is 18.8 Å². The second-order valence-corrected chi connectivity index (χ2v) is 5.36. The Morgan fingerprint density at radius 2 is 2.29 bits per heavy atom. The van der Waals surface area contributed by atoms with Crippen LogP contribution >= 0.6 is 0 Å². The Labute approximate surface area is 124 Å². The zero-order chi connectivity index (χ0) is 14.7. The van der Waals surface area contributed by atoms with Crippen molar-refractivity contribution in [2.75, 3.05) is 13.7 Å². The SMILES string of the molecule is COc1cccc(CCNC(=O)C2CC2c2ccco2)c1. The highest BCUT2D eigenvalue weighted by Crippen LogP contribution is 2.47. The van der Waals surface area contributed by atoms with Crippen LogP contribution in [0.2, 0.25) is 0 Å². The van der Waals surface area contributed by atoms with E-state index in [1.165, 1.54) is 0 Å². The molecule has 1 saturated carbocycles. The van der Waals surface area contributed by atoms with Crippen molar-refractivity contribution in [1.82, 2.24) is 5.32 Å². The van der Waals surface area contributed by atoms with Crippen molar-refractivity contribution in [3.8, 4) is 5.75 Å². The van der Waals surface area contributed by atoms with Crippen LogP contribution in [0.25, 0.3) is 0 Å². The molecule has 2 atom stereocenters. The molecule has 1 aliphatic carbocycles. The molecule has 4 heteroatoms. The number of rotatable bonds is 6. The van der Waals surface area contributed by atoms with Gasteiger partial charge in [-0.15, -0.1) is 0 Å². The largest absolute Gasteiger partial charge is 0.497 e. The number of amides is 1. The highest BCUT2D eigenvalue weighted by Gasteiger charge is 2.45. The molecule has 1 aromatic carbocycles. The van der Waals surface area contributed by atoms with E-state index in [4.69, 9.17) is 9.15 Å². The molecule has 21 heavy (non-hydrogen) atoms. The predicted octanol–water partition coefficient (Wildman–Crippen LogP) is 2.75. The maximum atomic E-state index is 12.0. The van der Waals surface area contributed by atoms with Gasteiger partial charge in [0, 0.05) is 18.4 Å². The van der Waals surface area contributed by atoms with Crippen LogP contribution in [0.4, 0.5) is 0 Å². The molecule has 1 amide bonds.